The minimum Gasteiger partial charge on any atom is -0.349 e. The lowest BCUT2D eigenvalue weighted by molar-refractivity contribution is -0.145. The minimum absolute atomic E-state index is 0.0512. The molecule has 4 bridgehead atoms. The van der Waals surface area contributed by atoms with Crippen molar-refractivity contribution in [3.05, 3.63) is 0 Å². The molecule has 6 fully saturated rings. The molecular formula is C20H28N2O3. The van der Waals surface area contributed by atoms with Crippen LogP contribution in [0.15, 0.2) is 0 Å². The third-order valence-corrected chi connectivity index (χ3v) is 7.68. The van der Waals surface area contributed by atoms with Crippen LogP contribution in [0.25, 0.3) is 0 Å². The summed E-state index contributed by atoms with van der Waals surface area (Å²) in [7, 11) is 0. The maximum Gasteiger partial charge on any atom is 0.240 e. The first kappa shape index (κ1) is 15.8. The molecule has 0 aromatic carbocycles. The van der Waals surface area contributed by atoms with Crippen LogP contribution in [-0.4, -0.2) is 34.7 Å². The molecule has 1 aliphatic heterocycles. The van der Waals surface area contributed by atoms with Crippen LogP contribution >= 0.6 is 0 Å². The van der Waals surface area contributed by atoms with Crippen LogP contribution in [-0.2, 0) is 14.4 Å². The van der Waals surface area contributed by atoms with Crippen molar-refractivity contribution in [2.45, 2.75) is 69.7 Å². The summed E-state index contributed by atoms with van der Waals surface area (Å²) >= 11 is 0. The fourth-order valence-corrected chi connectivity index (χ4v) is 7.13. The third kappa shape index (κ3) is 2.53. The van der Waals surface area contributed by atoms with E-state index in [1.165, 1.54) is 24.2 Å². The Morgan fingerprint density at radius 2 is 1.40 bits per heavy atom. The summed E-state index contributed by atoms with van der Waals surface area (Å²) in [5, 5.41) is 3.29. The number of nitrogens with zero attached hydrogens (tertiary/aromatic N) is 1. The standard InChI is InChI=1S/C20H28N2O3/c23-17(11-22-18(24)15-3-1-2-4-16(15)19(22)25)21-20-8-12-5-13(9-20)7-14(6-12)10-20/h12-16H,1-11H2,(H,21,23)/t12?,13?,14?,15-,16-,20?/m0/s1. The average molecular weight is 344 g/mol. The van der Waals surface area contributed by atoms with Gasteiger partial charge in [0.25, 0.3) is 0 Å². The van der Waals surface area contributed by atoms with E-state index in [9.17, 15) is 14.4 Å². The lowest BCUT2D eigenvalue weighted by Gasteiger charge is -2.57. The zero-order valence-corrected chi connectivity index (χ0v) is 14.8. The van der Waals surface area contributed by atoms with Crippen molar-refractivity contribution in [1.82, 2.24) is 10.2 Å². The third-order valence-electron chi connectivity index (χ3n) is 7.68. The van der Waals surface area contributed by atoms with Crippen molar-refractivity contribution in [2.75, 3.05) is 6.54 Å². The Morgan fingerprint density at radius 3 is 1.88 bits per heavy atom. The zero-order chi connectivity index (χ0) is 17.2. The number of nitrogens with one attached hydrogen (secondary N) is 1. The molecule has 5 heteroatoms. The van der Waals surface area contributed by atoms with Gasteiger partial charge in [-0.1, -0.05) is 12.8 Å². The van der Waals surface area contributed by atoms with Crippen molar-refractivity contribution in [1.29, 1.82) is 0 Å². The molecular weight excluding hydrogens is 316 g/mol. The molecule has 0 unspecified atom stereocenters. The highest BCUT2D eigenvalue weighted by Gasteiger charge is 2.52. The SMILES string of the molecule is O=C(CN1C(=O)[C@H]2CCCC[C@@H]2C1=O)NC12CC3CC(CC(C3)C1)C2. The summed E-state index contributed by atoms with van der Waals surface area (Å²) in [6.45, 7) is -0.0631. The number of amides is 3. The molecule has 6 aliphatic rings. The maximum atomic E-state index is 12.7. The van der Waals surface area contributed by atoms with Crippen LogP contribution in [0.3, 0.4) is 0 Å². The molecule has 2 atom stereocenters. The lowest BCUT2D eigenvalue weighted by atomic mass is 9.53. The second-order valence-electron chi connectivity index (χ2n) is 9.51. The predicted molar refractivity (Wildman–Crippen MR) is 91.2 cm³/mol. The summed E-state index contributed by atoms with van der Waals surface area (Å²) in [5.74, 6) is 1.66. The fraction of sp³-hybridized carbons (Fsp3) is 0.850. The molecule has 5 aliphatic carbocycles. The number of hydrogen-bond donors (Lipinski definition) is 1. The molecule has 0 spiro atoms. The molecule has 1 saturated heterocycles. The molecule has 5 saturated carbocycles. The van der Waals surface area contributed by atoms with Crippen molar-refractivity contribution < 1.29 is 14.4 Å². The molecule has 136 valence electrons. The van der Waals surface area contributed by atoms with Gasteiger partial charge in [-0.3, -0.25) is 19.3 Å². The van der Waals surface area contributed by atoms with E-state index in [-0.39, 0.29) is 41.6 Å². The van der Waals surface area contributed by atoms with Gasteiger partial charge in [0.15, 0.2) is 0 Å². The van der Waals surface area contributed by atoms with Gasteiger partial charge in [0, 0.05) is 5.54 Å². The van der Waals surface area contributed by atoms with Gasteiger partial charge < -0.3 is 5.32 Å². The number of imide groups is 1. The van der Waals surface area contributed by atoms with E-state index in [1.807, 2.05) is 0 Å². The molecule has 1 heterocycles. The number of fused-ring (bicyclic) bond motifs is 1. The number of hydrogen-bond acceptors (Lipinski definition) is 3. The largest absolute Gasteiger partial charge is 0.349 e. The van der Waals surface area contributed by atoms with Gasteiger partial charge in [-0.25, -0.2) is 0 Å². The summed E-state index contributed by atoms with van der Waals surface area (Å²) in [5.41, 5.74) is -0.0512. The topological polar surface area (TPSA) is 66.5 Å². The van der Waals surface area contributed by atoms with Gasteiger partial charge in [0.2, 0.25) is 17.7 Å². The second-order valence-corrected chi connectivity index (χ2v) is 9.51. The van der Waals surface area contributed by atoms with Crippen molar-refractivity contribution in [3.63, 3.8) is 0 Å². The molecule has 0 radical (unpaired) electrons. The van der Waals surface area contributed by atoms with E-state index in [0.717, 1.165) is 62.7 Å². The van der Waals surface area contributed by atoms with E-state index < -0.39 is 0 Å². The molecule has 1 N–H and O–H groups in total. The summed E-state index contributed by atoms with van der Waals surface area (Å²) in [4.78, 5) is 39.1. The highest BCUT2D eigenvalue weighted by Crippen LogP contribution is 2.55. The first-order valence-corrected chi connectivity index (χ1v) is 10.2. The number of likely N-dealkylation sites (tertiary alicyclic amines) is 1. The number of carbonyl (C=O) groups is 3. The Labute approximate surface area is 148 Å². The Hall–Kier alpha value is -1.39. The second kappa shape index (κ2) is 5.55. The van der Waals surface area contributed by atoms with E-state index in [0.29, 0.717) is 0 Å². The average Bonchev–Trinajstić information content (AvgIpc) is 2.78. The molecule has 0 aromatic heterocycles. The Balaban J connectivity index is 1.27. The summed E-state index contributed by atoms with van der Waals surface area (Å²) < 4.78 is 0. The van der Waals surface area contributed by atoms with Crippen LogP contribution < -0.4 is 5.32 Å². The number of carbonyl (C=O) groups excluding carboxylic acids is 3. The normalized spacial score (nSPS) is 45.0. The van der Waals surface area contributed by atoms with Crippen LogP contribution in [0.2, 0.25) is 0 Å². The Kier molecular flexibility index (Phi) is 3.52. The quantitative estimate of drug-likeness (QED) is 0.799. The van der Waals surface area contributed by atoms with Crippen LogP contribution in [0.5, 0.6) is 0 Å². The van der Waals surface area contributed by atoms with Crippen molar-refractivity contribution >= 4 is 17.7 Å². The lowest BCUT2D eigenvalue weighted by Crippen LogP contribution is -2.61. The van der Waals surface area contributed by atoms with Gasteiger partial charge in [-0.2, -0.15) is 0 Å². The van der Waals surface area contributed by atoms with E-state index in [4.69, 9.17) is 0 Å². The molecule has 3 amide bonds. The van der Waals surface area contributed by atoms with Crippen molar-refractivity contribution in [3.8, 4) is 0 Å². The van der Waals surface area contributed by atoms with Crippen LogP contribution in [0.4, 0.5) is 0 Å². The van der Waals surface area contributed by atoms with Crippen LogP contribution in [0.1, 0.15) is 64.2 Å². The molecule has 6 rings (SSSR count). The van der Waals surface area contributed by atoms with Gasteiger partial charge >= 0.3 is 0 Å². The van der Waals surface area contributed by atoms with E-state index in [1.54, 1.807) is 0 Å². The fourth-order valence-electron chi connectivity index (χ4n) is 7.13. The van der Waals surface area contributed by atoms with Crippen molar-refractivity contribution in [2.24, 2.45) is 29.6 Å². The van der Waals surface area contributed by atoms with E-state index >= 15 is 0 Å². The van der Waals surface area contributed by atoms with Crippen LogP contribution in [0, 0.1) is 29.6 Å². The monoisotopic (exact) mass is 344 g/mol. The predicted octanol–water partition coefficient (Wildman–Crippen LogP) is 2.25. The highest BCUT2D eigenvalue weighted by molar-refractivity contribution is 6.07. The molecule has 5 nitrogen and oxygen atoms in total. The van der Waals surface area contributed by atoms with Gasteiger partial charge in [0.05, 0.1) is 11.8 Å². The summed E-state index contributed by atoms with van der Waals surface area (Å²) in [6.07, 6.45) is 10.9. The zero-order valence-electron chi connectivity index (χ0n) is 14.8. The molecule has 0 aromatic rings. The number of rotatable bonds is 3. The smallest absolute Gasteiger partial charge is 0.240 e. The summed E-state index contributed by atoms with van der Waals surface area (Å²) in [6, 6.07) is 0. The first-order valence-electron chi connectivity index (χ1n) is 10.2. The molecule has 25 heavy (non-hydrogen) atoms. The first-order chi connectivity index (χ1) is 12.0. The minimum atomic E-state index is -0.159. The van der Waals surface area contributed by atoms with E-state index in [2.05, 4.69) is 5.32 Å². The van der Waals surface area contributed by atoms with Gasteiger partial charge in [0.1, 0.15) is 6.54 Å². The van der Waals surface area contributed by atoms with Gasteiger partial charge in [-0.05, 0) is 69.1 Å². The maximum absolute atomic E-state index is 12.7. The highest BCUT2D eigenvalue weighted by atomic mass is 16.2. The van der Waals surface area contributed by atoms with Gasteiger partial charge in [-0.15, -0.1) is 0 Å². The Bertz CT molecular complexity index is 569. The Morgan fingerprint density at radius 1 is 0.920 bits per heavy atom.